The van der Waals surface area contributed by atoms with E-state index in [-0.39, 0.29) is 0 Å². The third-order valence-corrected chi connectivity index (χ3v) is 2.04. The topological polar surface area (TPSA) is 43.4 Å². The van der Waals surface area contributed by atoms with E-state index in [4.69, 9.17) is 9.47 Å². The van der Waals surface area contributed by atoms with E-state index >= 15 is 0 Å². The molecule has 0 saturated heterocycles. The number of rotatable bonds is 8. The molecule has 1 aromatic heterocycles. The Kier molecular flexibility index (Phi) is 6.53. The van der Waals surface area contributed by atoms with E-state index in [9.17, 15) is 0 Å². The third kappa shape index (κ3) is 5.09. The molecule has 4 heteroatoms. The standard InChI is InChI=1S/C12H20N2O2/c1-3-7-13-12-6-4-5-11(14-12)10-16-9-8-15-2/h4-6H,3,7-10H2,1-2H3,(H,13,14). The van der Waals surface area contributed by atoms with Crippen LogP contribution < -0.4 is 5.32 Å². The van der Waals surface area contributed by atoms with Gasteiger partial charge in [-0.25, -0.2) is 4.98 Å². The number of ether oxygens (including phenoxy) is 2. The van der Waals surface area contributed by atoms with Gasteiger partial charge < -0.3 is 14.8 Å². The largest absolute Gasteiger partial charge is 0.382 e. The second-order valence-electron chi connectivity index (χ2n) is 3.49. The van der Waals surface area contributed by atoms with Crippen LogP contribution in [-0.2, 0) is 16.1 Å². The maximum absolute atomic E-state index is 5.40. The molecule has 1 heterocycles. The second kappa shape index (κ2) is 8.07. The van der Waals surface area contributed by atoms with E-state index in [2.05, 4.69) is 17.2 Å². The summed E-state index contributed by atoms with van der Waals surface area (Å²) in [5.41, 5.74) is 0.942. The molecule has 16 heavy (non-hydrogen) atoms. The summed E-state index contributed by atoms with van der Waals surface area (Å²) in [5, 5.41) is 3.24. The zero-order chi connectivity index (χ0) is 11.6. The molecule has 0 spiro atoms. The lowest BCUT2D eigenvalue weighted by Crippen LogP contribution is -2.05. The maximum Gasteiger partial charge on any atom is 0.126 e. The van der Waals surface area contributed by atoms with Crippen molar-refractivity contribution in [3.05, 3.63) is 23.9 Å². The van der Waals surface area contributed by atoms with Crippen LogP contribution in [0.5, 0.6) is 0 Å². The summed E-state index contributed by atoms with van der Waals surface area (Å²) >= 11 is 0. The highest BCUT2D eigenvalue weighted by atomic mass is 16.5. The Balaban J connectivity index is 2.35. The van der Waals surface area contributed by atoms with Crippen LogP contribution in [0.1, 0.15) is 19.0 Å². The van der Waals surface area contributed by atoms with Crippen molar-refractivity contribution in [2.75, 3.05) is 32.2 Å². The summed E-state index contributed by atoms with van der Waals surface area (Å²) in [6.45, 7) is 4.83. The zero-order valence-electron chi connectivity index (χ0n) is 10.0. The molecule has 0 saturated carbocycles. The van der Waals surface area contributed by atoms with Gasteiger partial charge in [-0.15, -0.1) is 0 Å². The van der Waals surface area contributed by atoms with Gasteiger partial charge in [-0.1, -0.05) is 13.0 Å². The normalized spacial score (nSPS) is 10.4. The van der Waals surface area contributed by atoms with Crippen LogP contribution in [0, 0.1) is 0 Å². The Bertz CT molecular complexity index is 292. The minimum Gasteiger partial charge on any atom is -0.382 e. The Morgan fingerprint density at radius 2 is 2.19 bits per heavy atom. The molecule has 0 aliphatic rings. The van der Waals surface area contributed by atoms with Gasteiger partial charge in [-0.3, -0.25) is 0 Å². The first kappa shape index (κ1) is 12.9. The summed E-state index contributed by atoms with van der Waals surface area (Å²) in [6.07, 6.45) is 1.09. The van der Waals surface area contributed by atoms with Crippen molar-refractivity contribution in [3.63, 3.8) is 0 Å². The Morgan fingerprint density at radius 3 is 2.94 bits per heavy atom. The van der Waals surface area contributed by atoms with Crippen LogP contribution in [0.15, 0.2) is 18.2 Å². The van der Waals surface area contributed by atoms with Gasteiger partial charge in [-0.05, 0) is 18.6 Å². The molecule has 0 amide bonds. The molecule has 0 unspecified atom stereocenters. The first-order chi connectivity index (χ1) is 7.86. The lowest BCUT2D eigenvalue weighted by molar-refractivity contribution is 0.0602. The van der Waals surface area contributed by atoms with Crippen LogP contribution in [0.2, 0.25) is 0 Å². The maximum atomic E-state index is 5.40. The summed E-state index contributed by atoms with van der Waals surface area (Å²) in [5.74, 6) is 0.912. The molecular weight excluding hydrogens is 204 g/mol. The van der Waals surface area contributed by atoms with Gasteiger partial charge in [0.1, 0.15) is 5.82 Å². The van der Waals surface area contributed by atoms with Gasteiger partial charge in [0.2, 0.25) is 0 Å². The second-order valence-corrected chi connectivity index (χ2v) is 3.49. The molecule has 0 fully saturated rings. The third-order valence-electron chi connectivity index (χ3n) is 2.04. The SMILES string of the molecule is CCCNc1cccc(COCCOC)n1. The monoisotopic (exact) mass is 224 g/mol. The molecule has 90 valence electrons. The van der Waals surface area contributed by atoms with Crippen molar-refractivity contribution in [3.8, 4) is 0 Å². The van der Waals surface area contributed by atoms with Crippen molar-refractivity contribution in [2.24, 2.45) is 0 Å². The number of nitrogens with zero attached hydrogens (tertiary/aromatic N) is 1. The highest BCUT2D eigenvalue weighted by Crippen LogP contribution is 2.05. The summed E-state index contributed by atoms with van der Waals surface area (Å²) < 4.78 is 10.3. The minimum atomic E-state index is 0.533. The quantitative estimate of drug-likeness (QED) is 0.686. The summed E-state index contributed by atoms with van der Waals surface area (Å²) in [7, 11) is 1.66. The highest BCUT2D eigenvalue weighted by Gasteiger charge is 1.97. The van der Waals surface area contributed by atoms with Gasteiger partial charge in [0.25, 0.3) is 0 Å². The molecule has 0 bridgehead atoms. The molecule has 0 radical (unpaired) electrons. The van der Waals surface area contributed by atoms with Crippen molar-refractivity contribution >= 4 is 5.82 Å². The number of pyridine rings is 1. The van der Waals surface area contributed by atoms with Crippen molar-refractivity contribution in [1.82, 2.24) is 4.98 Å². The number of aromatic nitrogens is 1. The fourth-order valence-electron chi connectivity index (χ4n) is 1.23. The molecule has 0 atom stereocenters. The van der Waals surface area contributed by atoms with Gasteiger partial charge >= 0.3 is 0 Å². The van der Waals surface area contributed by atoms with E-state index in [0.717, 1.165) is 24.5 Å². The van der Waals surface area contributed by atoms with Crippen LogP contribution >= 0.6 is 0 Å². The fourth-order valence-corrected chi connectivity index (χ4v) is 1.23. The van der Waals surface area contributed by atoms with Crippen molar-refractivity contribution < 1.29 is 9.47 Å². The number of hydrogen-bond acceptors (Lipinski definition) is 4. The van der Waals surface area contributed by atoms with Gasteiger partial charge in [0.15, 0.2) is 0 Å². The summed E-state index contributed by atoms with van der Waals surface area (Å²) in [4.78, 5) is 4.43. The van der Waals surface area contributed by atoms with E-state index in [1.165, 1.54) is 0 Å². The fraction of sp³-hybridized carbons (Fsp3) is 0.583. The number of nitrogens with one attached hydrogen (secondary N) is 1. The number of methoxy groups -OCH3 is 1. The highest BCUT2D eigenvalue weighted by molar-refractivity contribution is 5.34. The van der Waals surface area contributed by atoms with Crippen LogP contribution in [0.3, 0.4) is 0 Å². The molecule has 1 rings (SSSR count). The Morgan fingerprint density at radius 1 is 1.31 bits per heavy atom. The van der Waals surface area contributed by atoms with Crippen LogP contribution in [-0.4, -0.2) is 31.9 Å². The van der Waals surface area contributed by atoms with Crippen LogP contribution in [0.4, 0.5) is 5.82 Å². The predicted octanol–water partition coefficient (Wildman–Crippen LogP) is 2.07. The molecule has 0 aliphatic carbocycles. The molecule has 0 aliphatic heterocycles. The minimum absolute atomic E-state index is 0.533. The lowest BCUT2D eigenvalue weighted by Gasteiger charge is -2.06. The average Bonchev–Trinajstić information content (AvgIpc) is 2.33. The molecule has 4 nitrogen and oxygen atoms in total. The number of hydrogen-bond donors (Lipinski definition) is 1. The van der Waals surface area contributed by atoms with Gasteiger partial charge in [0, 0.05) is 13.7 Å². The first-order valence-corrected chi connectivity index (χ1v) is 5.63. The molecule has 1 N–H and O–H groups in total. The van der Waals surface area contributed by atoms with Crippen LogP contribution in [0.25, 0.3) is 0 Å². The van der Waals surface area contributed by atoms with Gasteiger partial charge in [-0.2, -0.15) is 0 Å². The smallest absolute Gasteiger partial charge is 0.126 e. The average molecular weight is 224 g/mol. The molecular formula is C12H20N2O2. The summed E-state index contributed by atoms with van der Waals surface area (Å²) in [6, 6.07) is 5.91. The van der Waals surface area contributed by atoms with E-state index in [0.29, 0.717) is 19.8 Å². The van der Waals surface area contributed by atoms with Crippen molar-refractivity contribution in [1.29, 1.82) is 0 Å². The zero-order valence-corrected chi connectivity index (χ0v) is 10.0. The molecule has 1 aromatic rings. The Labute approximate surface area is 97.0 Å². The number of anilines is 1. The van der Waals surface area contributed by atoms with E-state index in [1.807, 2.05) is 18.2 Å². The lowest BCUT2D eigenvalue weighted by atomic mass is 10.3. The first-order valence-electron chi connectivity index (χ1n) is 5.63. The van der Waals surface area contributed by atoms with Crippen molar-refractivity contribution in [2.45, 2.75) is 20.0 Å². The predicted molar refractivity (Wildman–Crippen MR) is 64.5 cm³/mol. The van der Waals surface area contributed by atoms with E-state index < -0.39 is 0 Å². The Hall–Kier alpha value is -1.13. The van der Waals surface area contributed by atoms with E-state index in [1.54, 1.807) is 7.11 Å². The van der Waals surface area contributed by atoms with Gasteiger partial charge in [0.05, 0.1) is 25.5 Å². The molecule has 0 aromatic carbocycles.